The third kappa shape index (κ3) is 4.29. The lowest BCUT2D eigenvalue weighted by Crippen LogP contribution is -2.34. The molecule has 1 saturated heterocycles. The van der Waals surface area contributed by atoms with Gasteiger partial charge < -0.3 is 10.0 Å². The van der Waals surface area contributed by atoms with E-state index in [1.54, 1.807) is 12.1 Å². The van der Waals surface area contributed by atoms with Crippen LogP contribution in [0.5, 0.6) is 0 Å². The number of aliphatic hydroxyl groups is 1. The van der Waals surface area contributed by atoms with E-state index in [1.165, 1.54) is 37.8 Å². The molecule has 0 aromatic heterocycles. The zero-order valence-electron chi connectivity index (χ0n) is 11.7. The van der Waals surface area contributed by atoms with Gasteiger partial charge in [0.05, 0.1) is 6.10 Å². The smallest absolute Gasteiger partial charge is 0.123 e. The van der Waals surface area contributed by atoms with E-state index in [4.69, 9.17) is 0 Å². The molecular formula is C16H24FNO. The zero-order valence-corrected chi connectivity index (χ0v) is 11.7. The average Bonchev–Trinajstić information content (AvgIpc) is 2.61. The van der Waals surface area contributed by atoms with Crippen molar-refractivity contribution < 1.29 is 9.50 Å². The van der Waals surface area contributed by atoms with Gasteiger partial charge in [0.15, 0.2) is 0 Å². The number of nitrogens with zero attached hydrogens (tertiary/aromatic N) is 1. The quantitative estimate of drug-likeness (QED) is 0.900. The van der Waals surface area contributed by atoms with Gasteiger partial charge in [-0.05, 0) is 50.4 Å². The molecule has 2 rings (SSSR count). The van der Waals surface area contributed by atoms with Gasteiger partial charge in [-0.2, -0.15) is 0 Å². The number of likely N-dealkylation sites (tertiary alicyclic amines) is 1. The van der Waals surface area contributed by atoms with Gasteiger partial charge in [-0.1, -0.05) is 25.0 Å². The van der Waals surface area contributed by atoms with E-state index in [1.807, 2.05) is 0 Å². The molecule has 1 aromatic rings. The average molecular weight is 265 g/mol. The highest BCUT2D eigenvalue weighted by Gasteiger charge is 2.18. The van der Waals surface area contributed by atoms with Crippen LogP contribution in [0.4, 0.5) is 4.39 Å². The highest BCUT2D eigenvalue weighted by molar-refractivity contribution is 5.18. The zero-order chi connectivity index (χ0) is 13.7. The SMILES string of the molecule is CC1CCCCCN1CCC(O)c1ccc(F)cc1. The summed E-state index contributed by atoms with van der Waals surface area (Å²) in [4.78, 5) is 2.47. The first kappa shape index (κ1) is 14.5. The fraction of sp³-hybridized carbons (Fsp3) is 0.625. The third-order valence-electron chi connectivity index (χ3n) is 4.14. The number of hydrogen-bond acceptors (Lipinski definition) is 2. The van der Waals surface area contributed by atoms with Gasteiger partial charge in [0.2, 0.25) is 0 Å². The first-order valence-corrected chi connectivity index (χ1v) is 7.34. The van der Waals surface area contributed by atoms with Crippen molar-refractivity contribution in [3.8, 4) is 0 Å². The summed E-state index contributed by atoms with van der Waals surface area (Å²) in [5.41, 5.74) is 0.809. The molecule has 2 unspecified atom stereocenters. The van der Waals surface area contributed by atoms with Gasteiger partial charge in [0.25, 0.3) is 0 Å². The van der Waals surface area contributed by atoms with Gasteiger partial charge in [-0.3, -0.25) is 0 Å². The molecule has 1 fully saturated rings. The number of rotatable bonds is 4. The molecule has 1 heterocycles. The van der Waals surface area contributed by atoms with E-state index in [0.29, 0.717) is 6.04 Å². The highest BCUT2D eigenvalue weighted by Crippen LogP contribution is 2.21. The van der Waals surface area contributed by atoms with Crippen LogP contribution in [0.15, 0.2) is 24.3 Å². The maximum Gasteiger partial charge on any atom is 0.123 e. The molecule has 2 atom stereocenters. The normalized spacial score (nSPS) is 23.0. The van der Waals surface area contributed by atoms with Crippen molar-refractivity contribution in [1.82, 2.24) is 4.90 Å². The summed E-state index contributed by atoms with van der Waals surface area (Å²) < 4.78 is 12.8. The molecule has 0 saturated carbocycles. The molecule has 1 N–H and O–H groups in total. The van der Waals surface area contributed by atoms with Gasteiger partial charge in [-0.15, -0.1) is 0 Å². The topological polar surface area (TPSA) is 23.5 Å². The van der Waals surface area contributed by atoms with Gasteiger partial charge >= 0.3 is 0 Å². The van der Waals surface area contributed by atoms with Crippen LogP contribution in [-0.4, -0.2) is 29.1 Å². The second kappa shape index (κ2) is 7.01. The summed E-state index contributed by atoms with van der Waals surface area (Å²) in [5, 5.41) is 10.1. The number of aliphatic hydroxyl groups excluding tert-OH is 1. The van der Waals surface area contributed by atoms with E-state index >= 15 is 0 Å². The Hall–Kier alpha value is -0.930. The molecule has 1 aliphatic rings. The lowest BCUT2D eigenvalue weighted by atomic mass is 10.1. The molecule has 2 nitrogen and oxygen atoms in total. The summed E-state index contributed by atoms with van der Waals surface area (Å²) in [6.45, 7) is 4.33. The largest absolute Gasteiger partial charge is 0.388 e. The second-order valence-electron chi connectivity index (χ2n) is 5.59. The summed E-state index contributed by atoms with van der Waals surface area (Å²) in [6.07, 6.45) is 5.38. The molecular weight excluding hydrogens is 241 g/mol. The summed E-state index contributed by atoms with van der Waals surface area (Å²) in [5.74, 6) is -0.253. The summed E-state index contributed by atoms with van der Waals surface area (Å²) in [7, 11) is 0. The fourth-order valence-corrected chi connectivity index (χ4v) is 2.81. The predicted molar refractivity (Wildman–Crippen MR) is 75.5 cm³/mol. The Labute approximate surface area is 115 Å². The molecule has 0 aliphatic carbocycles. The molecule has 1 aromatic carbocycles. The number of hydrogen-bond donors (Lipinski definition) is 1. The molecule has 0 spiro atoms. The highest BCUT2D eigenvalue weighted by atomic mass is 19.1. The van der Waals surface area contributed by atoms with Gasteiger partial charge in [0.1, 0.15) is 5.82 Å². The molecule has 0 radical (unpaired) electrons. The predicted octanol–water partition coefficient (Wildman–Crippen LogP) is 3.51. The van der Waals surface area contributed by atoms with Crippen molar-refractivity contribution in [1.29, 1.82) is 0 Å². The van der Waals surface area contributed by atoms with Crippen molar-refractivity contribution in [2.24, 2.45) is 0 Å². The van der Waals surface area contributed by atoms with E-state index in [9.17, 15) is 9.50 Å². The van der Waals surface area contributed by atoms with E-state index in [2.05, 4.69) is 11.8 Å². The van der Waals surface area contributed by atoms with Crippen LogP contribution in [0.3, 0.4) is 0 Å². The Morgan fingerprint density at radius 1 is 1.26 bits per heavy atom. The van der Waals surface area contributed by atoms with Gasteiger partial charge in [0, 0.05) is 12.6 Å². The third-order valence-corrected chi connectivity index (χ3v) is 4.14. The minimum Gasteiger partial charge on any atom is -0.388 e. The van der Waals surface area contributed by atoms with Crippen LogP contribution in [0, 0.1) is 5.82 Å². The standard InChI is InChI=1S/C16H24FNO/c1-13-5-3-2-4-11-18(13)12-10-16(19)14-6-8-15(17)9-7-14/h6-9,13,16,19H,2-5,10-12H2,1H3. The molecule has 19 heavy (non-hydrogen) atoms. The maximum atomic E-state index is 12.8. The van der Waals surface area contributed by atoms with Crippen LogP contribution in [0.2, 0.25) is 0 Å². The Balaban J connectivity index is 1.85. The fourth-order valence-electron chi connectivity index (χ4n) is 2.81. The molecule has 106 valence electrons. The summed E-state index contributed by atoms with van der Waals surface area (Å²) >= 11 is 0. The Kier molecular flexibility index (Phi) is 5.34. The van der Waals surface area contributed by atoms with Crippen molar-refractivity contribution in [3.63, 3.8) is 0 Å². The van der Waals surface area contributed by atoms with Crippen LogP contribution < -0.4 is 0 Å². The van der Waals surface area contributed by atoms with Crippen molar-refractivity contribution in [2.75, 3.05) is 13.1 Å². The Bertz CT molecular complexity index is 379. The minimum atomic E-state index is -0.490. The van der Waals surface area contributed by atoms with Crippen LogP contribution in [-0.2, 0) is 0 Å². The number of benzene rings is 1. The minimum absolute atomic E-state index is 0.253. The maximum absolute atomic E-state index is 12.8. The Morgan fingerprint density at radius 2 is 2.00 bits per heavy atom. The first-order chi connectivity index (χ1) is 9.16. The van der Waals surface area contributed by atoms with Crippen molar-refractivity contribution in [2.45, 2.75) is 51.2 Å². The summed E-state index contributed by atoms with van der Waals surface area (Å²) in [6, 6.07) is 6.78. The lowest BCUT2D eigenvalue weighted by Gasteiger charge is -2.27. The molecule has 1 aliphatic heterocycles. The molecule has 0 amide bonds. The molecule has 3 heteroatoms. The molecule has 0 bridgehead atoms. The first-order valence-electron chi connectivity index (χ1n) is 7.34. The van der Waals surface area contributed by atoms with Crippen LogP contribution in [0.1, 0.15) is 50.7 Å². The van der Waals surface area contributed by atoms with Crippen LogP contribution >= 0.6 is 0 Å². The van der Waals surface area contributed by atoms with E-state index in [-0.39, 0.29) is 5.82 Å². The van der Waals surface area contributed by atoms with E-state index in [0.717, 1.165) is 25.1 Å². The van der Waals surface area contributed by atoms with Crippen LogP contribution in [0.25, 0.3) is 0 Å². The Morgan fingerprint density at radius 3 is 2.74 bits per heavy atom. The van der Waals surface area contributed by atoms with Gasteiger partial charge in [-0.25, -0.2) is 4.39 Å². The number of halogens is 1. The lowest BCUT2D eigenvalue weighted by molar-refractivity contribution is 0.128. The van der Waals surface area contributed by atoms with Crippen molar-refractivity contribution >= 4 is 0 Å². The second-order valence-corrected chi connectivity index (χ2v) is 5.59. The van der Waals surface area contributed by atoms with Crippen molar-refractivity contribution in [3.05, 3.63) is 35.6 Å². The van der Waals surface area contributed by atoms with E-state index < -0.39 is 6.10 Å². The monoisotopic (exact) mass is 265 g/mol.